The number of carboxylic acids is 1. The van der Waals surface area contributed by atoms with Crippen molar-refractivity contribution >= 4 is 23.4 Å². The van der Waals surface area contributed by atoms with Gasteiger partial charge in [-0.25, -0.2) is 0 Å². The first-order chi connectivity index (χ1) is 27.3. The zero-order valence-corrected chi connectivity index (χ0v) is 37.3. The van der Waals surface area contributed by atoms with Crippen molar-refractivity contribution in [2.24, 2.45) is 68.0 Å². The maximum Gasteiger partial charge on any atom is 0.309 e. The van der Waals surface area contributed by atoms with Crippen LogP contribution in [0.3, 0.4) is 0 Å². The number of nitrogens with zero attached hydrogens (tertiary/aromatic N) is 1. The van der Waals surface area contributed by atoms with E-state index in [-0.39, 0.29) is 51.0 Å². The van der Waals surface area contributed by atoms with Crippen LogP contribution >= 0.6 is 0 Å². The first-order valence-electron chi connectivity index (χ1n) is 23.1. The van der Waals surface area contributed by atoms with Gasteiger partial charge in [0.1, 0.15) is 6.10 Å². The summed E-state index contributed by atoms with van der Waals surface area (Å²) in [5.74, 6) is 0.231. The minimum Gasteiger partial charge on any atom is -0.481 e. The third kappa shape index (κ3) is 6.37. The van der Waals surface area contributed by atoms with Crippen LogP contribution in [0.4, 0.5) is 5.69 Å². The van der Waals surface area contributed by atoms with Gasteiger partial charge in [-0.1, -0.05) is 80.0 Å². The van der Waals surface area contributed by atoms with Gasteiger partial charge in [0.05, 0.1) is 25.0 Å². The van der Waals surface area contributed by atoms with E-state index in [0.29, 0.717) is 36.4 Å². The Kier molecular flexibility index (Phi) is 10.7. The third-order valence-corrected chi connectivity index (χ3v) is 19.0. The predicted molar refractivity (Wildman–Crippen MR) is 228 cm³/mol. The Morgan fingerprint density at radius 2 is 1.57 bits per heavy atom. The maximum atomic E-state index is 14.2. The number of allylic oxidation sites excluding steroid dienone is 2. The number of hydrogen-bond acceptors (Lipinski definition) is 7. The second-order valence-corrected chi connectivity index (χ2v) is 22.5. The molecule has 10 atom stereocenters. The topological polar surface area (TPSA) is 105 Å². The van der Waals surface area contributed by atoms with Gasteiger partial charge in [-0.3, -0.25) is 14.4 Å². The van der Waals surface area contributed by atoms with E-state index >= 15 is 0 Å². The fourth-order valence-electron chi connectivity index (χ4n) is 15.4. The van der Waals surface area contributed by atoms with Gasteiger partial charge in [-0.05, 0) is 139 Å². The van der Waals surface area contributed by atoms with Crippen LogP contribution in [0.15, 0.2) is 35.4 Å². The number of Topliss-reactive ketones (excluding diaryl/α,β-unsaturated/α-hetero) is 1. The first kappa shape index (κ1) is 42.0. The molecule has 6 fully saturated rings. The van der Waals surface area contributed by atoms with Crippen LogP contribution in [0.5, 0.6) is 0 Å². The number of aliphatic carboxylic acids is 1. The number of morpholine rings is 1. The number of anilines is 1. The Morgan fingerprint density at radius 1 is 0.862 bits per heavy atom. The fourth-order valence-corrected chi connectivity index (χ4v) is 15.4. The van der Waals surface area contributed by atoms with E-state index in [0.717, 1.165) is 77.9 Å². The van der Waals surface area contributed by atoms with Crippen molar-refractivity contribution in [3.05, 3.63) is 41.0 Å². The molecule has 1 heterocycles. The smallest absolute Gasteiger partial charge is 0.309 e. The molecule has 0 radical (unpaired) electrons. The lowest BCUT2D eigenvalue weighted by Gasteiger charge is -2.72. The number of esters is 1. The quantitative estimate of drug-likeness (QED) is 0.178. The summed E-state index contributed by atoms with van der Waals surface area (Å²) in [6.45, 7) is 26.1. The minimum absolute atomic E-state index is 0.0399. The van der Waals surface area contributed by atoms with Crippen LogP contribution in [0, 0.1) is 68.0 Å². The van der Waals surface area contributed by atoms with Crippen molar-refractivity contribution in [2.45, 2.75) is 146 Å². The molecule has 8 heteroatoms. The van der Waals surface area contributed by atoms with Gasteiger partial charge in [-0.15, -0.1) is 0 Å². The van der Waals surface area contributed by atoms with Crippen molar-refractivity contribution in [1.82, 2.24) is 5.32 Å². The van der Waals surface area contributed by atoms with E-state index in [1.807, 2.05) is 13.8 Å². The second kappa shape index (κ2) is 14.7. The lowest BCUT2D eigenvalue weighted by molar-refractivity contribution is -0.236. The van der Waals surface area contributed by atoms with Crippen molar-refractivity contribution in [3.63, 3.8) is 0 Å². The number of fused-ring (bicyclic) bond motifs is 7. The summed E-state index contributed by atoms with van der Waals surface area (Å²) in [5.41, 5.74) is 4.91. The molecule has 0 aromatic heterocycles. The molecule has 0 spiro atoms. The van der Waals surface area contributed by atoms with Crippen LogP contribution in [-0.4, -0.2) is 61.8 Å². The number of nitrogens with one attached hydrogen (secondary N) is 1. The summed E-state index contributed by atoms with van der Waals surface area (Å²) >= 11 is 0. The molecule has 1 aliphatic heterocycles. The van der Waals surface area contributed by atoms with Crippen LogP contribution in [0.2, 0.25) is 0 Å². The van der Waals surface area contributed by atoms with E-state index in [9.17, 15) is 19.5 Å². The van der Waals surface area contributed by atoms with Gasteiger partial charge in [-0.2, -0.15) is 0 Å². The largest absolute Gasteiger partial charge is 0.481 e. The monoisotopic (exact) mass is 799 g/mol. The van der Waals surface area contributed by atoms with Crippen LogP contribution in [0.1, 0.15) is 139 Å². The van der Waals surface area contributed by atoms with Crippen molar-refractivity contribution < 1.29 is 29.0 Å². The number of carbonyl (C=O) groups is 3. The Bertz CT molecular complexity index is 1810. The zero-order chi connectivity index (χ0) is 41.6. The average molecular weight is 799 g/mol. The van der Waals surface area contributed by atoms with E-state index in [4.69, 9.17) is 9.47 Å². The van der Waals surface area contributed by atoms with Gasteiger partial charge in [0.25, 0.3) is 0 Å². The molecule has 0 bridgehead atoms. The summed E-state index contributed by atoms with van der Waals surface area (Å²) in [6, 6.07) is 9.00. The van der Waals surface area contributed by atoms with E-state index in [1.165, 1.54) is 36.1 Å². The fraction of sp³-hybridized carbons (Fsp3) is 0.780. The van der Waals surface area contributed by atoms with Gasteiger partial charge in [0.2, 0.25) is 0 Å². The van der Waals surface area contributed by atoms with Crippen LogP contribution < -0.4 is 10.2 Å². The molecule has 58 heavy (non-hydrogen) atoms. The number of carbonyl (C=O) groups excluding carboxylic acids is 2. The summed E-state index contributed by atoms with van der Waals surface area (Å²) in [6.07, 6.45) is 10.7. The highest BCUT2D eigenvalue weighted by Crippen LogP contribution is 2.77. The van der Waals surface area contributed by atoms with Crippen molar-refractivity contribution in [1.29, 1.82) is 0 Å². The molecule has 7 aliphatic rings. The van der Waals surface area contributed by atoms with Gasteiger partial charge >= 0.3 is 11.9 Å². The van der Waals surface area contributed by atoms with Gasteiger partial charge in [0, 0.05) is 42.6 Å². The molecule has 320 valence electrons. The lowest BCUT2D eigenvalue weighted by Crippen LogP contribution is -2.66. The normalized spacial score (nSPS) is 40.2. The van der Waals surface area contributed by atoms with Crippen LogP contribution in [0.25, 0.3) is 0 Å². The molecule has 8 nitrogen and oxygen atoms in total. The van der Waals surface area contributed by atoms with Crippen LogP contribution in [-0.2, 0) is 30.4 Å². The molecular weight excluding hydrogens is 725 g/mol. The Labute approximate surface area is 349 Å². The summed E-state index contributed by atoms with van der Waals surface area (Å²) < 4.78 is 12.0. The molecule has 2 N–H and O–H groups in total. The predicted octanol–water partition coefficient (Wildman–Crippen LogP) is 9.64. The Balaban J connectivity index is 0.975. The third-order valence-electron chi connectivity index (χ3n) is 19.0. The molecule has 5 saturated carbocycles. The summed E-state index contributed by atoms with van der Waals surface area (Å²) in [5, 5.41) is 13.5. The highest BCUT2D eigenvalue weighted by atomic mass is 16.5. The molecule has 1 saturated heterocycles. The Hall–Kier alpha value is -2.71. The number of ketones is 1. The maximum absolute atomic E-state index is 14.2. The molecule has 1 aromatic carbocycles. The van der Waals surface area contributed by atoms with E-state index in [2.05, 4.69) is 82.9 Å². The zero-order valence-electron chi connectivity index (χ0n) is 37.3. The summed E-state index contributed by atoms with van der Waals surface area (Å²) in [4.78, 5) is 42.0. The second-order valence-electron chi connectivity index (χ2n) is 22.5. The lowest BCUT2D eigenvalue weighted by atomic mass is 9.33. The number of ether oxygens (including phenoxy) is 2. The number of hydrogen-bond donors (Lipinski definition) is 2. The number of benzene rings is 1. The molecule has 1 aromatic rings. The highest BCUT2D eigenvalue weighted by molar-refractivity contribution is 6.00. The SMILES string of the molecule is CC(C)C1=C2[C@H]3CC[C@@H]4[C@@]5(C)CC[C@H](OC(=O)[C@H]6C[C@@H](C(=O)O)C6(C)C)C(C)(C)[C@@H]5CC[C@@]4(C)[C@]3(C)CC[C@@]2(CCNCc2ccc(N3CCOCC3)cc2)CC1=O. The molecule has 6 aliphatic carbocycles. The van der Waals surface area contributed by atoms with E-state index < -0.39 is 17.3 Å². The first-order valence-corrected chi connectivity index (χ1v) is 23.1. The van der Waals surface area contributed by atoms with Crippen molar-refractivity contribution in [3.8, 4) is 0 Å². The van der Waals surface area contributed by atoms with Crippen molar-refractivity contribution in [2.75, 3.05) is 37.7 Å². The summed E-state index contributed by atoms with van der Waals surface area (Å²) in [7, 11) is 0. The Morgan fingerprint density at radius 3 is 2.22 bits per heavy atom. The van der Waals surface area contributed by atoms with Gasteiger partial charge < -0.3 is 24.8 Å². The van der Waals surface area contributed by atoms with E-state index in [1.54, 1.807) is 5.57 Å². The standard InChI is InChI=1S/C50H74N2O6/c1-31(2)41-37(53)29-50(22-23-51-30-32-10-12-33(13-11-32)52-24-26-57-27-25-52)21-20-48(8)34(42(41)50)14-15-39-47(7)18-17-40(46(5,6)38(47)16-19-49(39,48)9)58-44(56)36-28-35(43(54)55)45(36,3)4/h10-13,31,34-36,38-40,51H,14-30H2,1-9H3,(H,54,55)/t34-,35+,36-,38+,39-,40+,47+,48-,49-,50-/m1/s1. The number of carboxylic acid groups (broad SMARTS) is 1. The molecule has 0 amide bonds. The average Bonchev–Trinajstić information content (AvgIpc) is 3.47. The molecule has 8 rings (SSSR count). The van der Waals surface area contributed by atoms with Gasteiger partial charge in [0.15, 0.2) is 5.78 Å². The molecule has 0 unspecified atom stereocenters. The minimum atomic E-state index is -0.814. The highest BCUT2D eigenvalue weighted by Gasteiger charge is 2.70. The number of rotatable bonds is 10. The molecular formula is C50H74N2O6.